The smallest absolute Gasteiger partial charge is 0.330 e. The van der Waals surface area contributed by atoms with Crippen molar-refractivity contribution in [2.24, 2.45) is 5.41 Å². The Kier molecular flexibility index (Phi) is 4.95. The van der Waals surface area contributed by atoms with Crippen LogP contribution >= 0.6 is 0 Å². The van der Waals surface area contributed by atoms with Crippen LogP contribution in [-0.4, -0.2) is 35.0 Å². The molecule has 0 spiro atoms. The minimum Gasteiger partial charge on any atom is -0.466 e. The molecule has 0 radical (unpaired) electrons. The van der Waals surface area contributed by atoms with Crippen molar-refractivity contribution in [3.05, 3.63) is 35.5 Å². The summed E-state index contributed by atoms with van der Waals surface area (Å²) in [5, 5.41) is 20.7. The quantitative estimate of drug-likeness (QED) is 0.360. The molecule has 1 aliphatic rings. The van der Waals surface area contributed by atoms with E-state index >= 15 is 0 Å². The highest BCUT2D eigenvalue weighted by Crippen LogP contribution is 2.45. The molecular weight excluding hydrogens is 256 g/mol. The SMILES string of the molecule is COC(=O)/C=C(C)\C=C\[C@]1(O)C(C)=C[C@H](O)CC1(C)C. The lowest BCUT2D eigenvalue weighted by Crippen LogP contribution is -2.48. The van der Waals surface area contributed by atoms with Gasteiger partial charge in [0, 0.05) is 11.5 Å². The van der Waals surface area contributed by atoms with Crippen LogP contribution < -0.4 is 0 Å². The number of allylic oxidation sites excluding steroid dienone is 2. The van der Waals surface area contributed by atoms with Gasteiger partial charge in [0.1, 0.15) is 5.60 Å². The zero-order valence-electron chi connectivity index (χ0n) is 12.8. The Labute approximate surface area is 120 Å². The maximum absolute atomic E-state index is 11.1. The molecule has 1 rings (SSSR count). The molecule has 2 N–H and O–H groups in total. The third-order valence-corrected chi connectivity index (χ3v) is 3.93. The van der Waals surface area contributed by atoms with Crippen molar-refractivity contribution in [3.8, 4) is 0 Å². The number of methoxy groups -OCH3 is 1. The van der Waals surface area contributed by atoms with Gasteiger partial charge >= 0.3 is 5.97 Å². The predicted molar refractivity (Wildman–Crippen MR) is 78.0 cm³/mol. The van der Waals surface area contributed by atoms with E-state index in [2.05, 4.69) is 4.74 Å². The Hall–Kier alpha value is -1.39. The van der Waals surface area contributed by atoms with Gasteiger partial charge in [-0.2, -0.15) is 0 Å². The molecule has 0 aromatic rings. The number of hydrogen-bond donors (Lipinski definition) is 2. The van der Waals surface area contributed by atoms with E-state index in [9.17, 15) is 15.0 Å². The van der Waals surface area contributed by atoms with Gasteiger partial charge in [-0.3, -0.25) is 0 Å². The molecule has 0 aromatic heterocycles. The largest absolute Gasteiger partial charge is 0.466 e. The molecule has 0 unspecified atom stereocenters. The Balaban J connectivity index is 3.07. The molecule has 0 aromatic carbocycles. The van der Waals surface area contributed by atoms with Crippen molar-refractivity contribution in [1.82, 2.24) is 0 Å². The topological polar surface area (TPSA) is 66.8 Å². The van der Waals surface area contributed by atoms with E-state index in [-0.39, 0.29) is 0 Å². The fraction of sp³-hybridized carbons (Fsp3) is 0.562. The maximum Gasteiger partial charge on any atom is 0.330 e. The van der Waals surface area contributed by atoms with Gasteiger partial charge in [-0.05, 0) is 37.5 Å². The first-order chi connectivity index (χ1) is 9.12. The van der Waals surface area contributed by atoms with Gasteiger partial charge < -0.3 is 14.9 Å². The molecule has 0 saturated heterocycles. The highest BCUT2D eigenvalue weighted by molar-refractivity contribution is 5.83. The molecule has 0 amide bonds. The van der Waals surface area contributed by atoms with Crippen molar-refractivity contribution in [2.75, 3.05) is 7.11 Å². The molecule has 4 nitrogen and oxygen atoms in total. The highest BCUT2D eigenvalue weighted by Gasteiger charge is 2.46. The van der Waals surface area contributed by atoms with Crippen LogP contribution in [0.3, 0.4) is 0 Å². The van der Waals surface area contributed by atoms with E-state index < -0.39 is 23.1 Å². The van der Waals surface area contributed by atoms with Crippen molar-refractivity contribution < 1.29 is 19.7 Å². The van der Waals surface area contributed by atoms with Gasteiger partial charge in [0.15, 0.2) is 0 Å². The van der Waals surface area contributed by atoms with Crippen molar-refractivity contribution in [1.29, 1.82) is 0 Å². The van der Waals surface area contributed by atoms with Gasteiger partial charge in [0.05, 0.1) is 13.2 Å². The lowest BCUT2D eigenvalue weighted by molar-refractivity contribution is -0.134. The molecule has 112 valence electrons. The molecule has 4 heteroatoms. The summed E-state index contributed by atoms with van der Waals surface area (Å²) in [7, 11) is 1.32. The first-order valence-corrected chi connectivity index (χ1v) is 6.67. The fourth-order valence-corrected chi connectivity index (χ4v) is 2.59. The zero-order chi connectivity index (χ0) is 15.6. The molecule has 20 heavy (non-hydrogen) atoms. The first-order valence-electron chi connectivity index (χ1n) is 6.67. The lowest BCUT2D eigenvalue weighted by atomic mass is 9.64. The number of carbonyl (C=O) groups excluding carboxylic acids is 1. The van der Waals surface area contributed by atoms with E-state index in [0.717, 1.165) is 0 Å². The average Bonchev–Trinajstić information content (AvgIpc) is 2.32. The predicted octanol–water partition coefficient (Wildman–Crippen LogP) is 2.13. The van der Waals surface area contributed by atoms with Crippen LogP contribution in [0.15, 0.2) is 35.5 Å². The summed E-state index contributed by atoms with van der Waals surface area (Å²) in [5.74, 6) is -0.426. The van der Waals surface area contributed by atoms with Crippen LogP contribution in [0.1, 0.15) is 34.1 Å². The maximum atomic E-state index is 11.1. The van der Waals surface area contributed by atoms with Crippen LogP contribution in [0.4, 0.5) is 0 Å². The number of esters is 1. The molecule has 0 saturated carbocycles. The summed E-state index contributed by atoms with van der Waals surface area (Å²) in [5.41, 5.74) is -0.228. The monoisotopic (exact) mass is 280 g/mol. The Morgan fingerprint density at radius 3 is 2.60 bits per heavy atom. The summed E-state index contributed by atoms with van der Waals surface area (Å²) in [6.07, 6.45) is 6.36. The summed E-state index contributed by atoms with van der Waals surface area (Å²) in [6, 6.07) is 0. The number of aliphatic hydroxyl groups excluding tert-OH is 1. The fourth-order valence-electron chi connectivity index (χ4n) is 2.59. The molecule has 0 heterocycles. The van der Waals surface area contributed by atoms with Gasteiger partial charge in [0.25, 0.3) is 0 Å². The van der Waals surface area contributed by atoms with Crippen LogP contribution in [0.5, 0.6) is 0 Å². The van der Waals surface area contributed by atoms with E-state index in [0.29, 0.717) is 17.6 Å². The Bertz CT molecular complexity index is 471. The number of rotatable bonds is 3. The third kappa shape index (κ3) is 3.38. The molecular formula is C16H24O4. The molecule has 0 bridgehead atoms. The number of aliphatic hydroxyl groups is 2. The first kappa shape index (κ1) is 16.7. The zero-order valence-corrected chi connectivity index (χ0v) is 12.8. The number of hydrogen-bond acceptors (Lipinski definition) is 4. The van der Waals surface area contributed by atoms with E-state index in [1.54, 1.807) is 32.1 Å². The van der Waals surface area contributed by atoms with E-state index in [1.165, 1.54) is 13.2 Å². The lowest BCUT2D eigenvalue weighted by Gasteiger charge is -2.46. The number of ether oxygens (including phenoxy) is 1. The minimum absolute atomic E-state index is 0.426. The normalized spacial score (nSPS) is 30.2. The Morgan fingerprint density at radius 1 is 1.50 bits per heavy atom. The van der Waals surface area contributed by atoms with Crippen LogP contribution in [0.2, 0.25) is 0 Å². The summed E-state index contributed by atoms with van der Waals surface area (Å²) in [4.78, 5) is 11.1. The summed E-state index contributed by atoms with van der Waals surface area (Å²) < 4.78 is 4.56. The Morgan fingerprint density at radius 2 is 2.10 bits per heavy atom. The van der Waals surface area contributed by atoms with Gasteiger partial charge in [-0.25, -0.2) is 4.79 Å². The average molecular weight is 280 g/mol. The van der Waals surface area contributed by atoms with E-state index in [4.69, 9.17) is 0 Å². The van der Waals surface area contributed by atoms with Crippen LogP contribution in [0.25, 0.3) is 0 Å². The van der Waals surface area contributed by atoms with Crippen molar-refractivity contribution in [3.63, 3.8) is 0 Å². The molecule has 0 fully saturated rings. The van der Waals surface area contributed by atoms with Crippen molar-refractivity contribution in [2.45, 2.75) is 45.8 Å². The molecule has 2 atom stereocenters. The summed E-state index contributed by atoms with van der Waals surface area (Å²) in [6.45, 7) is 7.39. The van der Waals surface area contributed by atoms with Gasteiger partial charge in [0.2, 0.25) is 0 Å². The van der Waals surface area contributed by atoms with Crippen molar-refractivity contribution >= 4 is 5.97 Å². The second-order valence-corrected chi connectivity index (χ2v) is 6.02. The molecule has 0 aliphatic heterocycles. The van der Waals surface area contributed by atoms with Gasteiger partial charge in [-0.1, -0.05) is 26.0 Å². The standard InChI is InChI=1S/C16H24O4/c1-11(8-14(18)20-5)6-7-16(19)12(2)9-13(17)10-15(16,3)4/h6-9,13,17,19H,10H2,1-5H3/b7-6+,11-8-/t13-,16-/m0/s1. The van der Waals surface area contributed by atoms with Crippen LogP contribution in [0, 0.1) is 5.41 Å². The second kappa shape index (κ2) is 5.94. The molecule has 1 aliphatic carbocycles. The third-order valence-electron chi connectivity index (χ3n) is 3.93. The second-order valence-electron chi connectivity index (χ2n) is 6.02. The highest BCUT2D eigenvalue weighted by atomic mass is 16.5. The van der Waals surface area contributed by atoms with E-state index in [1.807, 2.05) is 13.8 Å². The van der Waals surface area contributed by atoms with Gasteiger partial charge in [-0.15, -0.1) is 0 Å². The summed E-state index contributed by atoms with van der Waals surface area (Å²) >= 11 is 0. The van der Waals surface area contributed by atoms with Crippen LogP contribution in [-0.2, 0) is 9.53 Å². The minimum atomic E-state index is -1.14. The number of carbonyl (C=O) groups is 1.